The average molecular weight is 475 g/mol. The van der Waals surface area contributed by atoms with E-state index in [2.05, 4.69) is 35.5 Å². The fourth-order valence-corrected chi connectivity index (χ4v) is 3.85. The minimum atomic E-state index is -1.28. The van der Waals surface area contributed by atoms with Crippen molar-refractivity contribution in [1.82, 2.24) is 34.7 Å². The van der Waals surface area contributed by atoms with Crippen molar-refractivity contribution in [2.24, 2.45) is 0 Å². The molecule has 0 unspecified atom stereocenters. The second-order valence-electron chi connectivity index (χ2n) is 7.97. The lowest BCUT2D eigenvalue weighted by atomic mass is 10.1. The van der Waals surface area contributed by atoms with Gasteiger partial charge in [0.1, 0.15) is 36.3 Å². The molecule has 4 aromatic rings. The molecular weight excluding hydrogens is 455 g/mol. The summed E-state index contributed by atoms with van der Waals surface area (Å²) in [6.07, 6.45) is -1.70. The number of ether oxygens (including phenoxy) is 1. The lowest BCUT2D eigenvalue weighted by Gasteiger charge is -2.16. The Hall–Kier alpha value is -3.19. The molecule has 0 aliphatic carbocycles. The summed E-state index contributed by atoms with van der Waals surface area (Å²) >= 11 is 6.10. The maximum Gasteiger partial charge on any atom is 0.167 e. The molecule has 13 heteroatoms. The number of hydrogen-bond donors (Lipinski definition) is 4. The van der Waals surface area contributed by atoms with Gasteiger partial charge in [-0.05, 0) is 18.2 Å². The van der Waals surface area contributed by atoms with Gasteiger partial charge in [-0.3, -0.25) is 4.57 Å². The lowest BCUT2D eigenvalue weighted by molar-refractivity contribution is -0.0382. The number of rotatable bonds is 5. The smallest absolute Gasteiger partial charge is 0.167 e. The number of hydrogen-bond acceptors (Lipinski definition) is 9. The van der Waals surface area contributed by atoms with E-state index in [1.165, 1.54) is 35.4 Å². The van der Waals surface area contributed by atoms with Gasteiger partial charge in [0.15, 0.2) is 29.0 Å². The van der Waals surface area contributed by atoms with Crippen LogP contribution in [0.4, 0.5) is 15.9 Å². The zero-order valence-electron chi connectivity index (χ0n) is 17.5. The molecule has 0 saturated carbocycles. The molecule has 1 aromatic carbocycles. The molecule has 1 saturated heterocycles. The number of nitrogens with one attached hydrogen (secondary N) is 2. The Morgan fingerprint density at radius 3 is 2.73 bits per heavy atom. The summed E-state index contributed by atoms with van der Waals surface area (Å²) in [4.78, 5) is 15.8. The van der Waals surface area contributed by atoms with Gasteiger partial charge in [0, 0.05) is 5.92 Å². The van der Waals surface area contributed by atoms with E-state index in [9.17, 15) is 14.6 Å². The monoisotopic (exact) mass is 474 g/mol. The summed E-state index contributed by atoms with van der Waals surface area (Å²) in [7, 11) is 0. The molecule has 0 amide bonds. The number of fused-ring (bicyclic) bond motifs is 1. The van der Waals surface area contributed by atoms with Crippen molar-refractivity contribution < 1.29 is 19.3 Å². The zero-order chi connectivity index (χ0) is 23.3. The first-order valence-electron chi connectivity index (χ1n) is 10.2. The third-order valence-corrected chi connectivity index (χ3v) is 5.71. The number of aliphatic hydroxyl groups is 2. The molecule has 0 spiro atoms. The van der Waals surface area contributed by atoms with Gasteiger partial charge in [0.05, 0.1) is 17.0 Å². The molecule has 4 N–H and O–H groups in total. The molecular formula is C20H20ClFN8O3. The second-order valence-corrected chi connectivity index (χ2v) is 8.38. The highest BCUT2D eigenvalue weighted by Gasteiger charge is 2.46. The normalized spacial score (nSPS) is 23.0. The van der Waals surface area contributed by atoms with E-state index >= 15 is 0 Å². The first-order valence-corrected chi connectivity index (χ1v) is 10.5. The van der Waals surface area contributed by atoms with Gasteiger partial charge >= 0.3 is 0 Å². The lowest BCUT2D eigenvalue weighted by Crippen LogP contribution is -2.29. The minimum absolute atomic E-state index is 0.111. The maximum atomic E-state index is 13.4. The van der Waals surface area contributed by atoms with Gasteiger partial charge in [-0.2, -0.15) is 0 Å². The van der Waals surface area contributed by atoms with Crippen LogP contribution in [0, 0.1) is 5.82 Å². The average Bonchev–Trinajstić information content (AvgIpc) is 3.49. The topological polar surface area (TPSA) is 147 Å². The summed E-state index contributed by atoms with van der Waals surface area (Å²) in [5.41, 5.74) is 1.16. The number of aromatic nitrogens is 7. The summed E-state index contributed by atoms with van der Waals surface area (Å²) < 4.78 is 20.8. The van der Waals surface area contributed by atoms with E-state index in [4.69, 9.17) is 16.3 Å². The van der Waals surface area contributed by atoms with Crippen LogP contribution in [0.2, 0.25) is 5.02 Å². The van der Waals surface area contributed by atoms with Crippen molar-refractivity contribution in [3.05, 3.63) is 53.3 Å². The number of anilines is 2. The number of benzene rings is 1. The van der Waals surface area contributed by atoms with Crippen molar-refractivity contribution >= 4 is 34.3 Å². The van der Waals surface area contributed by atoms with Crippen molar-refractivity contribution in [2.45, 2.75) is 44.3 Å². The largest absolute Gasteiger partial charge is 0.387 e. The maximum absolute atomic E-state index is 13.4. The Labute approximate surface area is 191 Å². The highest BCUT2D eigenvalue weighted by Crippen LogP contribution is 2.39. The SMILES string of the molecule is CC(C)c1nnc([C@H]2O[C@@H](n3cnc4c(Nc5ccc(F)cc5Cl)ncnc43)[C@H](O)[C@@H]2O)[nH]1. The molecule has 1 aliphatic heterocycles. The number of aliphatic hydroxyl groups excluding tert-OH is 2. The zero-order valence-corrected chi connectivity index (χ0v) is 18.3. The van der Waals surface area contributed by atoms with Gasteiger partial charge < -0.3 is 25.3 Å². The Morgan fingerprint density at radius 1 is 1.18 bits per heavy atom. The van der Waals surface area contributed by atoms with E-state index in [1.807, 2.05) is 13.8 Å². The van der Waals surface area contributed by atoms with Crippen LogP contribution < -0.4 is 5.32 Å². The van der Waals surface area contributed by atoms with Crippen LogP contribution >= 0.6 is 11.6 Å². The molecule has 3 aromatic heterocycles. The summed E-state index contributed by atoms with van der Waals surface area (Å²) in [5, 5.41) is 32.6. The molecule has 4 atom stereocenters. The van der Waals surface area contributed by atoms with Crippen LogP contribution in [0.15, 0.2) is 30.9 Å². The molecule has 5 rings (SSSR count). The Balaban J connectivity index is 1.46. The van der Waals surface area contributed by atoms with E-state index in [-0.39, 0.29) is 10.9 Å². The van der Waals surface area contributed by atoms with E-state index in [0.29, 0.717) is 34.3 Å². The van der Waals surface area contributed by atoms with Crippen LogP contribution in [-0.2, 0) is 4.74 Å². The minimum Gasteiger partial charge on any atom is -0.387 e. The molecule has 1 aliphatic rings. The van der Waals surface area contributed by atoms with Gasteiger partial charge in [0.25, 0.3) is 0 Å². The highest BCUT2D eigenvalue weighted by molar-refractivity contribution is 6.33. The van der Waals surface area contributed by atoms with Gasteiger partial charge in [0.2, 0.25) is 0 Å². The van der Waals surface area contributed by atoms with Crippen molar-refractivity contribution in [2.75, 3.05) is 5.32 Å². The summed E-state index contributed by atoms with van der Waals surface area (Å²) in [6, 6.07) is 3.93. The molecule has 33 heavy (non-hydrogen) atoms. The standard InChI is InChI=1S/C20H20ClFN8O3/c1-8(2)16-27-18(29-28-16)15-13(31)14(32)20(33-15)30-7-25-12-17(23-6-24-19(12)30)26-11-4-3-9(22)5-10(11)21/h3-8,13-15,20,31-32H,1-2H3,(H,23,24,26)(H,27,28,29)/t13-,14+,15-,20+/m0/s1. The second kappa shape index (κ2) is 8.30. The third kappa shape index (κ3) is 3.80. The van der Waals surface area contributed by atoms with Gasteiger partial charge in [-0.15, -0.1) is 10.2 Å². The molecule has 1 fully saturated rings. The summed E-state index contributed by atoms with van der Waals surface area (Å²) in [6.45, 7) is 3.91. The number of halogens is 2. The highest BCUT2D eigenvalue weighted by atomic mass is 35.5. The molecule has 4 heterocycles. The predicted molar refractivity (Wildman–Crippen MR) is 115 cm³/mol. The van der Waals surface area contributed by atoms with Crippen LogP contribution in [0.3, 0.4) is 0 Å². The van der Waals surface area contributed by atoms with Crippen molar-refractivity contribution in [1.29, 1.82) is 0 Å². The molecule has 11 nitrogen and oxygen atoms in total. The predicted octanol–water partition coefficient (Wildman–Crippen LogP) is 2.60. The molecule has 172 valence electrons. The van der Waals surface area contributed by atoms with Crippen molar-refractivity contribution in [3.8, 4) is 0 Å². The summed E-state index contributed by atoms with van der Waals surface area (Å²) in [5.74, 6) is 0.944. The van der Waals surface area contributed by atoms with Crippen LogP contribution in [0.25, 0.3) is 11.2 Å². The first-order chi connectivity index (χ1) is 15.8. The van der Waals surface area contributed by atoms with Crippen molar-refractivity contribution in [3.63, 3.8) is 0 Å². The molecule has 0 bridgehead atoms. The number of H-pyrrole nitrogens is 1. The van der Waals surface area contributed by atoms with E-state index in [0.717, 1.165) is 0 Å². The van der Waals surface area contributed by atoms with Crippen LogP contribution in [-0.4, -0.2) is 57.1 Å². The fraction of sp³-hybridized carbons (Fsp3) is 0.350. The van der Waals surface area contributed by atoms with Crippen LogP contribution in [0.5, 0.6) is 0 Å². The molecule has 0 radical (unpaired) electrons. The van der Waals surface area contributed by atoms with Crippen LogP contribution in [0.1, 0.15) is 43.7 Å². The van der Waals surface area contributed by atoms with Gasteiger partial charge in [-0.25, -0.2) is 19.3 Å². The van der Waals surface area contributed by atoms with Gasteiger partial charge in [-0.1, -0.05) is 25.4 Å². The quantitative estimate of drug-likeness (QED) is 0.342. The fourth-order valence-electron chi connectivity index (χ4n) is 3.64. The van der Waals surface area contributed by atoms with E-state index < -0.39 is 30.4 Å². The Bertz CT molecular complexity index is 1310. The number of imidazole rings is 1. The number of aromatic amines is 1. The first kappa shape index (κ1) is 21.6. The Kier molecular flexibility index (Phi) is 5.44. The van der Waals surface area contributed by atoms with E-state index in [1.54, 1.807) is 0 Å². The third-order valence-electron chi connectivity index (χ3n) is 5.39. The number of nitrogens with zero attached hydrogens (tertiary/aromatic N) is 6. The Morgan fingerprint density at radius 2 is 2.00 bits per heavy atom.